The molecule has 0 saturated carbocycles. The fourth-order valence-corrected chi connectivity index (χ4v) is 2.43. The molecule has 0 aromatic heterocycles. The van der Waals surface area contributed by atoms with Gasteiger partial charge in [-0.15, -0.1) is 0 Å². The zero-order chi connectivity index (χ0) is 16.8. The molecule has 0 saturated heterocycles. The number of amides is 1. The van der Waals surface area contributed by atoms with Crippen LogP contribution in [0.3, 0.4) is 0 Å². The van der Waals surface area contributed by atoms with E-state index in [1.165, 1.54) is 6.07 Å². The molecule has 0 aliphatic rings. The van der Waals surface area contributed by atoms with Gasteiger partial charge in [-0.2, -0.15) is 5.06 Å². The average Bonchev–Trinajstić information content (AvgIpc) is 2.56. The van der Waals surface area contributed by atoms with Crippen molar-refractivity contribution in [2.24, 2.45) is 5.73 Å². The average molecular weight is 312 g/mol. The lowest BCUT2D eigenvalue weighted by Crippen LogP contribution is -2.29. The van der Waals surface area contributed by atoms with Crippen LogP contribution in [0.5, 0.6) is 5.75 Å². The van der Waals surface area contributed by atoms with E-state index in [0.717, 1.165) is 11.6 Å². The highest BCUT2D eigenvalue weighted by Crippen LogP contribution is 2.29. The first kappa shape index (κ1) is 16.7. The van der Waals surface area contributed by atoms with Gasteiger partial charge in [0, 0.05) is 11.6 Å². The van der Waals surface area contributed by atoms with Gasteiger partial charge in [-0.05, 0) is 36.6 Å². The molecule has 0 heterocycles. The first-order valence-corrected chi connectivity index (χ1v) is 7.28. The van der Waals surface area contributed by atoms with Gasteiger partial charge in [0.15, 0.2) is 0 Å². The van der Waals surface area contributed by atoms with Crippen LogP contribution in [0.4, 0.5) is 5.69 Å². The van der Waals surface area contributed by atoms with Crippen LogP contribution in [0.25, 0.3) is 0 Å². The van der Waals surface area contributed by atoms with Crippen molar-refractivity contribution in [2.75, 3.05) is 5.06 Å². The van der Waals surface area contributed by atoms with Gasteiger partial charge in [0.1, 0.15) is 5.75 Å². The molecule has 4 N–H and O–H groups in total. The van der Waals surface area contributed by atoms with Crippen molar-refractivity contribution in [3.63, 3.8) is 0 Å². The Morgan fingerprint density at radius 1 is 1.17 bits per heavy atom. The number of phenolic OH excluding ortho intramolecular Hbond substituents is 1. The van der Waals surface area contributed by atoms with Gasteiger partial charge in [-0.1, -0.05) is 43.0 Å². The zero-order valence-electron chi connectivity index (χ0n) is 12.7. The summed E-state index contributed by atoms with van der Waals surface area (Å²) in [5, 5.41) is 20.5. The highest BCUT2D eigenvalue weighted by molar-refractivity contribution is 5.99. The van der Waals surface area contributed by atoms with Gasteiger partial charge in [-0.3, -0.25) is 10.0 Å². The number of anilines is 1. The lowest BCUT2D eigenvalue weighted by Gasteiger charge is -2.20. The summed E-state index contributed by atoms with van der Waals surface area (Å²) in [5.41, 5.74) is 7.88. The summed E-state index contributed by atoms with van der Waals surface area (Å²) < 4.78 is 0. The monoisotopic (exact) mass is 312 g/mol. The Balaban J connectivity index is 2.21. The summed E-state index contributed by atoms with van der Waals surface area (Å²) in [7, 11) is 0. The third-order valence-corrected chi connectivity index (χ3v) is 3.55. The van der Waals surface area contributed by atoms with Crippen molar-refractivity contribution in [1.82, 2.24) is 0 Å². The standard InChI is InChI=1S/C18H20N2O3/c1-2-18(22)20(23)16-9-6-10-17(21)15(16)12-14(19)11-13-7-4-3-5-8-13/h2-10,14,21,23H,1,11-12,19H2/t14-/m1/s1. The van der Waals surface area contributed by atoms with Crippen molar-refractivity contribution in [3.05, 3.63) is 72.3 Å². The minimum Gasteiger partial charge on any atom is -0.508 e. The van der Waals surface area contributed by atoms with E-state index in [-0.39, 0.29) is 17.5 Å². The molecule has 0 radical (unpaired) electrons. The maximum Gasteiger partial charge on any atom is 0.274 e. The van der Waals surface area contributed by atoms with E-state index >= 15 is 0 Å². The predicted octanol–water partition coefficient (Wildman–Crippen LogP) is 2.41. The van der Waals surface area contributed by atoms with Gasteiger partial charge in [0.2, 0.25) is 0 Å². The van der Waals surface area contributed by atoms with E-state index in [2.05, 4.69) is 6.58 Å². The number of benzene rings is 2. The lowest BCUT2D eigenvalue weighted by atomic mass is 9.98. The van der Waals surface area contributed by atoms with E-state index in [4.69, 9.17) is 5.73 Å². The Hall–Kier alpha value is -2.63. The maximum absolute atomic E-state index is 11.6. The summed E-state index contributed by atoms with van der Waals surface area (Å²) in [6.45, 7) is 3.34. The molecule has 0 bridgehead atoms. The van der Waals surface area contributed by atoms with Crippen LogP contribution in [0, 0.1) is 0 Å². The largest absolute Gasteiger partial charge is 0.508 e. The molecule has 120 valence electrons. The topological polar surface area (TPSA) is 86.8 Å². The van der Waals surface area contributed by atoms with Gasteiger partial charge in [-0.25, -0.2) is 0 Å². The van der Waals surface area contributed by atoms with Crippen LogP contribution in [-0.4, -0.2) is 22.3 Å². The molecule has 23 heavy (non-hydrogen) atoms. The number of carbonyl (C=O) groups is 1. The molecule has 2 aromatic rings. The fraction of sp³-hybridized carbons (Fsp3) is 0.167. The Kier molecular flexibility index (Phi) is 5.51. The van der Waals surface area contributed by atoms with Gasteiger partial charge in [0.25, 0.3) is 5.91 Å². The third-order valence-electron chi connectivity index (χ3n) is 3.55. The van der Waals surface area contributed by atoms with Crippen molar-refractivity contribution in [3.8, 4) is 5.75 Å². The van der Waals surface area contributed by atoms with Crippen molar-refractivity contribution in [1.29, 1.82) is 0 Å². The second-order valence-corrected chi connectivity index (χ2v) is 5.28. The zero-order valence-corrected chi connectivity index (χ0v) is 12.7. The number of carbonyl (C=O) groups excluding carboxylic acids is 1. The highest BCUT2D eigenvalue weighted by atomic mass is 16.5. The normalized spacial score (nSPS) is 11.7. The number of aromatic hydroxyl groups is 1. The van der Waals surface area contributed by atoms with Crippen molar-refractivity contribution >= 4 is 11.6 Å². The van der Waals surface area contributed by atoms with E-state index < -0.39 is 5.91 Å². The maximum atomic E-state index is 11.6. The number of hydrogen-bond acceptors (Lipinski definition) is 4. The van der Waals surface area contributed by atoms with Crippen LogP contribution in [0.2, 0.25) is 0 Å². The Bertz CT molecular complexity index is 686. The lowest BCUT2D eigenvalue weighted by molar-refractivity contribution is -0.118. The third kappa shape index (κ3) is 4.18. The molecular weight excluding hydrogens is 292 g/mol. The molecule has 2 rings (SSSR count). The number of nitrogens with zero attached hydrogens (tertiary/aromatic N) is 1. The first-order valence-electron chi connectivity index (χ1n) is 7.28. The van der Waals surface area contributed by atoms with Crippen LogP contribution < -0.4 is 10.8 Å². The molecule has 0 unspecified atom stereocenters. The molecule has 5 heteroatoms. The molecule has 5 nitrogen and oxygen atoms in total. The molecule has 1 amide bonds. The van der Waals surface area contributed by atoms with E-state index in [0.29, 0.717) is 23.5 Å². The van der Waals surface area contributed by atoms with Crippen LogP contribution in [0.1, 0.15) is 11.1 Å². The number of nitrogens with two attached hydrogens (primary N) is 1. The van der Waals surface area contributed by atoms with Crippen LogP contribution >= 0.6 is 0 Å². The highest BCUT2D eigenvalue weighted by Gasteiger charge is 2.19. The van der Waals surface area contributed by atoms with Crippen LogP contribution in [0.15, 0.2) is 61.2 Å². The second kappa shape index (κ2) is 7.58. The number of rotatable bonds is 6. The fourth-order valence-electron chi connectivity index (χ4n) is 2.43. The molecule has 0 spiro atoms. The molecular formula is C18H20N2O3. The summed E-state index contributed by atoms with van der Waals surface area (Å²) >= 11 is 0. The molecule has 1 atom stereocenters. The quantitative estimate of drug-likeness (QED) is 0.434. The minimum absolute atomic E-state index is 0.0121. The van der Waals surface area contributed by atoms with E-state index in [9.17, 15) is 15.1 Å². The Labute approximate surface area is 135 Å². The van der Waals surface area contributed by atoms with Crippen molar-refractivity contribution in [2.45, 2.75) is 18.9 Å². The number of hydrogen-bond donors (Lipinski definition) is 3. The number of phenols is 1. The summed E-state index contributed by atoms with van der Waals surface area (Å²) in [6, 6.07) is 14.1. The first-order chi connectivity index (χ1) is 11.0. The molecule has 0 aliphatic heterocycles. The summed E-state index contributed by atoms with van der Waals surface area (Å²) in [4.78, 5) is 11.6. The smallest absolute Gasteiger partial charge is 0.274 e. The van der Waals surface area contributed by atoms with E-state index in [1.807, 2.05) is 30.3 Å². The Morgan fingerprint density at radius 3 is 2.52 bits per heavy atom. The summed E-state index contributed by atoms with van der Waals surface area (Å²) in [5.74, 6) is -0.685. The van der Waals surface area contributed by atoms with Crippen LogP contribution in [-0.2, 0) is 17.6 Å². The predicted molar refractivity (Wildman–Crippen MR) is 89.4 cm³/mol. The SMILES string of the molecule is C=CC(=O)N(O)c1cccc(O)c1C[C@H](N)Cc1ccccc1. The van der Waals surface area contributed by atoms with Crippen molar-refractivity contribution < 1.29 is 15.1 Å². The Morgan fingerprint density at radius 2 is 1.87 bits per heavy atom. The van der Waals surface area contributed by atoms with Gasteiger partial charge < -0.3 is 10.8 Å². The van der Waals surface area contributed by atoms with E-state index in [1.54, 1.807) is 12.1 Å². The molecule has 0 aliphatic carbocycles. The second-order valence-electron chi connectivity index (χ2n) is 5.28. The summed E-state index contributed by atoms with van der Waals surface area (Å²) in [6.07, 6.45) is 1.94. The van der Waals surface area contributed by atoms with Gasteiger partial charge in [0.05, 0.1) is 5.69 Å². The molecule has 2 aromatic carbocycles. The minimum atomic E-state index is -0.673. The molecule has 0 fully saturated rings. The van der Waals surface area contributed by atoms with Gasteiger partial charge >= 0.3 is 0 Å². The number of hydroxylamine groups is 1.